The third-order valence-corrected chi connectivity index (χ3v) is 16.6. The van der Waals surface area contributed by atoms with Crippen LogP contribution in [0.3, 0.4) is 0 Å². The Balaban J connectivity index is 0.000000146. The molecule has 0 aliphatic carbocycles. The Kier molecular flexibility index (Phi) is 13.4. The molecule has 0 saturated carbocycles. The van der Waals surface area contributed by atoms with E-state index in [0.717, 1.165) is 103 Å². The molecular weight excluding hydrogens is 1090 g/mol. The van der Waals surface area contributed by atoms with Crippen LogP contribution >= 0.6 is 49.9 Å². The van der Waals surface area contributed by atoms with E-state index in [4.69, 9.17) is 29.5 Å². The number of nitrogens with zero attached hydrogens (tertiary/aromatic N) is 6. The molecule has 2 N–H and O–H groups in total. The van der Waals surface area contributed by atoms with Crippen LogP contribution in [0.1, 0.15) is 0 Å². The molecule has 0 unspecified atom stereocenters. The van der Waals surface area contributed by atoms with E-state index >= 15 is 0 Å². The highest BCUT2D eigenvalue weighted by molar-refractivity contribution is 9.10. The number of fused-ring (bicyclic) bond motifs is 5. The van der Waals surface area contributed by atoms with Gasteiger partial charge in [-0.15, -0.1) is 34.0 Å². The average Bonchev–Trinajstić information content (AvgIpc) is 4.38. The third-order valence-electron chi connectivity index (χ3n) is 12.8. The van der Waals surface area contributed by atoms with Crippen molar-refractivity contribution >= 4 is 126 Å². The maximum atomic E-state index is 6.04. The maximum Gasteiger partial charge on any atom is 0.227 e. The fourth-order valence-electron chi connectivity index (χ4n) is 8.90. The van der Waals surface area contributed by atoms with Gasteiger partial charge in [0.15, 0.2) is 11.2 Å². The van der Waals surface area contributed by atoms with Gasteiger partial charge in [0.25, 0.3) is 0 Å². The first-order valence-electron chi connectivity index (χ1n) is 24.9. The quantitative estimate of drug-likeness (QED) is 0.148. The van der Waals surface area contributed by atoms with E-state index < -0.39 is 0 Å². The second-order valence-corrected chi connectivity index (χ2v) is 22.0. The number of hydrogen-bond acceptors (Lipinski definition) is 12. The molecule has 0 radical (unpaired) electrons. The summed E-state index contributed by atoms with van der Waals surface area (Å²) in [4.78, 5) is 25.7. The van der Waals surface area contributed by atoms with Gasteiger partial charge < -0.3 is 19.5 Å². The summed E-state index contributed by atoms with van der Waals surface area (Å²) in [5.41, 5.74) is 21.2. The van der Waals surface area contributed by atoms with E-state index in [0.29, 0.717) is 11.8 Å². The Morgan fingerprint density at radius 2 is 0.628 bits per heavy atom. The predicted molar refractivity (Wildman–Crippen MR) is 328 cm³/mol. The van der Waals surface area contributed by atoms with Crippen LogP contribution in [0.25, 0.3) is 107 Å². The van der Waals surface area contributed by atoms with Crippen molar-refractivity contribution < 1.29 is 8.83 Å². The molecule has 78 heavy (non-hydrogen) atoms. The van der Waals surface area contributed by atoms with Gasteiger partial charge in [0.1, 0.15) is 26.1 Å². The Labute approximate surface area is 468 Å². The van der Waals surface area contributed by atoms with Gasteiger partial charge in [-0.05, 0) is 170 Å². The van der Waals surface area contributed by atoms with Crippen molar-refractivity contribution in [2.24, 2.45) is 0 Å². The summed E-state index contributed by atoms with van der Waals surface area (Å²) in [6.07, 6.45) is 0. The van der Waals surface area contributed by atoms with E-state index in [1.165, 1.54) is 19.7 Å². The van der Waals surface area contributed by atoms with Crippen LogP contribution < -0.4 is 10.6 Å². The summed E-state index contributed by atoms with van der Waals surface area (Å²) in [7, 11) is 0. The van der Waals surface area contributed by atoms with E-state index in [2.05, 4.69) is 158 Å². The van der Waals surface area contributed by atoms with Crippen LogP contribution in [0.15, 0.2) is 256 Å². The number of rotatable bonds is 8. The number of aromatic nitrogens is 5. The Hall–Kier alpha value is -9.11. The smallest absolute Gasteiger partial charge is 0.227 e. The molecule has 374 valence electrons. The molecule has 0 amide bonds. The minimum atomic E-state index is 0.611. The lowest BCUT2D eigenvalue weighted by atomic mass is 10.1. The fourth-order valence-corrected chi connectivity index (χ4v) is 12.1. The maximum absolute atomic E-state index is 6.04. The molecule has 0 aliphatic rings. The first kappa shape index (κ1) is 48.5. The zero-order valence-electron chi connectivity index (χ0n) is 41.3. The van der Waals surface area contributed by atoms with E-state index in [1.54, 1.807) is 34.0 Å². The van der Waals surface area contributed by atoms with Crippen molar-refractivity contribution in [3.05, 3.63) is 247 Å². The normalized spacial score (nSPS) is 11.2. The van der Waals surface area contributed by atoms with Crippen molar-refractivity contribution in [2.45, 2.75) is 0 Å². The standard InChI is InChI=1S/C39H24N4OS2.C13H8BrNS.C13H10N2O/c1-4-10-34-31(7-1)40-37(44-34)25-13-19-28(20-14-25)43(29-21-15-26(16-22-29)38-41-32-8-2-5-11-35(32)45-38)30-23-17-27(18-24-30)39-42-33-9-3-6-12-36(33)46-39;2*14-10-7-5-9(6-8-10)13-15-11-3-1-2-4-12(11)16-13/h1-24H;1-8H;1-8H,14H2. The molecule has 5 aromatic heterocycles. The third kappa shape index (κ3) is 10.3. The highest BCUT2D eigenvalue weighted by Crippen LogP contribution is 2.40. The molecule has 15 rings (SSSR count). The number of para-hydroxylation sites is 7. The summed E-state index contributed by atoms with van der Waals surface area (Å²) in [6.45, 7) is 0. The fraction of sp³-hybridized carbons (Fsp3) is 0. The number of thiazole rings is 3. The molecule has 9 nitrogen and oxygen atoms in total. The van der Waals surface area contributed by atoms with E-state index in [-0.39, 0.29) is 0 Å². The number of benzene rings is 10. The van der Waals surface area contributed by atoms with Crippen molar-refractivity contribution in [1.82, 2.24) is 24.9 Å². The number of hydrogen-bond donors (Lipinski definition) is 1. The lowest BCUT2D eigenvalue weighted by Gasteiger charge is -2.26. The van der Waals surface area contributed by atoms with Crippen LogP contribution in [0.2, 0.25) is 0 Å². The molecule has 0 saturated heterocycles. The Morgan fingerprint density at radius 3 is 0.987 bits per heavy atom. The first-order valence-corrected chi connectivity index (χ1v) is 28.2. The van der Waals surface area contributed by atoms with Crippen molar-refractivity contribution in [1.29, 1.82) is 0 Å². The van der Waals surface area contributed by atoms with Gasteiger partial charge in [0.2, 0.25) is 11.8 Å². The van der Waals surface area contributed by atoms with Crippen molar-refractivity contribution in [3.63, 3.8) is 0 Å². The summed E-state index contributed by atoms with van der Waals surface area (Å²) >= 11 is 8.59. The Morgan fingerprint density at radius 1 is 0.321 bits per heavy atom. The van der Waals surface area contributed by atoms with Gasteiger partial charge in [-0.2, -0.15) is 0 Å². The summed E-state index contributed by atoms with van der Waals surface area (Å²) in [6, 6.07) is 81.7. The average molecular weight is 1130 g/mol. The van der Waals surface area contributed by atoms with Crippen LogP contribution in [0, 0.1) is 0 Å². The van der Waals surface area contributed by atoms with Gasteiger partial charge >= 0.3 is 0 Å². The summed E-state index contributed by atoms with van der Waals surface area (Å²) in [5, 5.41) is 3.11. The molecule has 0 bridgehead atoms. The van der Waals surface area contributed by atoms with Crippen LogP contribution in [-0.4, -0.2) is 24.9 Å². The molecule has 15 aromatic rings. The van der Waals surface area contributed by atoms with Gasteiger partial charge in [0.05, 0.1) is 30.6 Å². The molecule has 5 heterocycles. The van der Waals surface area contributed by atoms with Crippen LogP contribution in [0.4, 0.5) is 22.7 Å². The number of anilines is 4. The lowest BCUT2D eigenvalue weighted by Crippen LogP contribution is -2.09. The summed E-state index contributed by atoms with van der Waals surface area (Å²) in [5.74, 6) is 1.24. The monoisotopic (exact) mass is 1130 g/mol. The molecular formula is C65H42BrN7O2S3. The highest BCUT2D eigenvalue weighted by atomic mass is 79.9. The number of halogens is 1. The van der Waals surface area contributed by atoms with E-state index in [9.17, 15) is 0 Å². The van der Waals surface area contributed by atoms with Gasteiger partial charge in [0, 0.05) is 55.0 Å². The zero-order chi connectivity index (χ0) is 52.4. The number of nitrogens with two attached hydrogens (primary N) is 1. The SMILES string of the molecule is Brc1ccc(-c2nc3ccccc3s2)cc1.Nc1ccc(-c2nc3ccccc3o2)cc1.c1ccc2oc(-c3ccc(N(c4ccc(-c5nc6ccccc6s5)cc4)c4ccc(-c5nc6ccccc6s5)cc4)cc3)nc2c1. The van der Waals surface area contributed by atoms with Crippen LogP contribution in [-0.2, 0) is 0 Å². The second-order valence-electron chi connectivity index (χ2n) is 18.0. The number of nitrogen functional groups attached to an aromatic ring is 1. The van der Waals surface area contributed by atoms with Crippen molar-refractivity contribution in [2.75, 3.05) is 10.6 Å². The molecule has 13 heteroatoms. The first-order chi connectivity index (χ1) is 38.4. The second kappa shape index (κ2) is 21.5. The molecule has 0 fully saturated rings. The zero-order valence-corrected chi connectivity index (χ0v) is 45.3. The van der Waals surface area contributed by atoms with Gasteiger partial charge in [-0.3, -0.25) is 0 Å². The van der Waals surface area contributed by atoms with Crippen LogP contribution in [0.5, 0.6) is 0 Å². The molecule has 10 aromatic carbocycles. The van der Waals surface area contributed by atoms with Gasteiger partial charge in [-0.25, -0.2) is 24.9 Å². The van der Waals surface area contributed by atoms with Gasteiger partial charge in [-0.1, -0.05) is 88.7 Å². The van der Waals surface area contributed by atoms with Crippen molar-refractivity contribution in [3.8, 4) is 54.6 Å². The molecule has 0 spiro atoms. The largest absolute Gasteiger partial charge is 0.436 e. The Bertz CT molecular complexity index is 3970. The lowest BCUT2D eigenvalue weighted by molar-refractivity contribution is 0.619. The molecule has 0 atom stereocenters. The number of oxazole rings is 2. The molecule has 0 aliphatic heterocycles. The highest BCUT2D eigenvalue weighted by Gasteiger charge is 2.17. The predicted octanol–water partition coefficient (Wildman–Crippen LogP) is 19.3. The topological polar surface area (TPSA) is 120 Å². The minimum Gasteiger partial charge on any atom is -0.436 e. The summed E-state index contributed by atoms with van der Waals surface area (Å²) < 4.78 is 16.4. The minimum absolute atomic E-state index is 0.611. The van der Waals surface area contributed by atoms with E-state index in [1.807, 2.05) is 115 Å².